The minimum absolute atomic E-state index is 0.0114. The molecular weight excluding hydrogens is 242 g/mol. The van der Waals surface area contributed by atoms with E-state index in [1.165, 1.54) is 10.4 Å². The number of aliphatic hydroxyl groups excluding tert-OH is 1. The molecule has 2 rings (SSSR count). The SMILES string of the molecule is Cc1ccsc1C(C)N[C@@H](CO)c1ccccc1. The molecule has 2 aromatic rings. The van der Waals surface area contributed by atoms with Crippen LogP contribution in [0.25, 0.3) is 0 Å². The number of thiophene rings is 1. The Morgan fingerprint density at radius 2 is 1.94 bits per heavy atom. The summed E-state index contributed by atoms with van der Waals surface area (Å²) in [7, 11) is 0. The summed E-state index contributed by atoms with van der Waals surface area (Å²) in [6.45, 7) is 4.38. The number of hydrogen-bond acceptors (Lipinski definition) is 3. The molecule has 2 N–H and O–H groups in total. The molecule has 1 aromatic heterocycles. The first-order chi connectivity index (χ1) is 8.72. The molecule has 0 spiro atoms. The Morgan fingerprint density at radius 1 is 1.22 bits per heavy atom. The molecule has 3 heteroatoms. The number of aryl methyl sites for hydroxylation is 1. The third-order valence-corrected chi connectivity index (χ3v) is 4.33. The first-order valence-corrected chi connectivity index (χ1v) is 7.06. The molecule has 0 aliphatic heterocycles. The predicted molar refractivity (Wildman–Crippen MR) is 76.9 cm³/mol. The van der Waals surface area contributed by atoms with Gasteiger partial charge in [0.1, 0.15) is 0 Å². The van der Waals surface area contributed by atoms with Crippen molar-refractivity contribution in [3.05, 3.63) is 57.8 Å². The highest BCUT2D eigenvalue weighted by molar-refractivity contribution is 7.10. The molecular formula is C15H19NOS. The molecule has 1 unspecified atom stereocenters. The summed E-state index contributed by atoms with van der Waals surface area (Å²) in [6, 6.07) is 12.5. The van der Waals surface area contributed by atoms with Crippen LogP contribution in [0.1, 0.15) is 35.0 Å². The van der Waals surface area contributed by atoms with E-state index in [2.05, 4.69) is 30.6 Å². The van der Waals surface area contributed by atoms with Crippen LogP contribution in [0.4, 0.5) is 0 Å². The van der Waals surface area contributed by atoms with E-state index in [9.17, 15) is 5.11 Å². The number of hydrogen-bond donors (Lipinski definition) is 2. The standard InChI is InChI=1S/C15H19NOS/c1-11-8-9-18-15(11)12(2)16-14(10-17)13-6-4-3-5-7-13/h3-9,12,14,16-17H,10H2,1-2H3/t12?,14-/m0/s1. The van der Waals surface area contributed by atoms with Gasteiger partial charge in [-0.3, -0.25) is 0 Å². The van der Waals surface area contributed by atoms with E-state index >= 15 is 0 Å². The summed E-state index contributed by atoms with van der Waals surface area (Å²) >= 11 is 1.76. The molecule has 96 valence electrons. The molecule has 1 aromatic carbocycles. The van der Waals surface area contributed by atoms with E-state index in [4.69, 9.17) is 0 Å². The maximum atomic E-state index is 9.54. The Kier molecular flexibility index (Phi) is 4.53. The highest BCUT2D eigenvalue weighted by Crippen LogP contribution is 2.26. The average Bonchev–Trinajstić information content (AvgIpc) is 2.83. The molecule has 1 heterocycles. The van der Waals surface area contributed by atoms with Gasteiger partial charge in [0, 0.05) is 10.9 Å². The van der Waals surface area contributed by atoms with Crippen molar-refractivity contribution in [2.24, 2.45) is 0 Å². The van der Waals surface area contributed by atoms with Gasteiger partial charge in [0.15, 0.2) is 0 Å². The molecule has 0 radical (unpaired) electrons. The summed E-state index contributed by atoms with van der Waals surface area (Å²) in [4.78, 5) is 1.34. The van der Waals surface area contributed by atoms with Crippen molar-refractivity contribution in [2.75, 3.05) is 6.61 Å². The maximum Gasteiger partial charge on any atom is 0.0626 e. The molecule has 0 aliphatic rings. The number of benzene rings is 1. The lowest BCUT2D eigenvalue weighted by Crippen LogP contribution is -2.27. The number of nitrogens with one attached hydrogen (secondary N) is 1. The second-order valence-electron chi connectivity index (χ2n) is 4.50. The van der Waals surface area contributed by atoms with Crippen LogP contribution in [-0.4, -0.2) is 11.7 Å². The van der Waals surface area contributed by atoms with E-state index in [1.54, 1.807) is 11.3 Å². The van der Waals surface area contributed by atoms with Crippen LogP contribution < -0.4 is 5.32 Å². The summed E-state index contributed by atoms with van der Waals surface area (Å²) in [5, 5.41) is 15.1. The van der Waals surface area contributed by atoms with Gasteiger partial charge < -0.3 is 10.4 Å². The van der Waals surface area contributed by atoms with E-state index in [0.717, 1.165) is 5.56 Å². The molecule has 0 fully saturated rings. The van der Waals surface area contributed by atoms with Gasteiger partial charge in [0.05, 0.1) is 12.6 Å². The molecule has 2 atom stereocenters. The zero-order chi connectivity index (χ0) is 13.0. The van der Waals surface area contributed by atoms with Gasteiger partial charge in [0.2, 0.25) is 0 Å². The minimum Gasteiger partial charge on any atom is -0.394 e. The fourth-order valence-corrected chi connectivity index (χ4v) is 3.09. The van der Waals surface area contributed by atoms with Crippen molar-refractivity contribution in [2.45, 2.75) is 25.9 Å². The lowest BCUT2D eigenvalue weighted by molar-refractivity contribution is 0.236. The van der Waals surface area contributed by atoms with E-state index < -0.39 is 0 Å². The smallest absolute Gasteiger partial charge is 0.0626 e. The summed E-state index contributed by atoms with van der Waals surface area (Å²) < 4.78 is 0. The van der Waals surface area contributed by atoms with E-state index in [0.29, 0.717) is 0 Å². The van der Waals surface area contributed by atoms with Crippen LogP contribution in [0.2, 0.25) is 0 Å². The third kappa shape index (κ3) is 2.99. The predicted octanol–water partition coefficient (Wildman–Crippen LogP) is 3.44. The van der Waals surface area contributed by atoms with Crippen molar-refractivity contribution in [3.8, 4) is 0 Å². The molecule has 0 saturated heterocycles. The molecule has 18 heavy (non-hydrogen) atoms. The first kappa shape index (κ1) is 13.3. The van der Waals surface area contributed by atoms with Crippen molar-refractivity contribution in [1.82, 2.24) is 5.32 Å². The summed E-state index contributed by atoms with van der Waals surface area (Å²) in [5.41, 5.74) is 2.44. The third-order valence-electron chi connectivity index (χ3n) is 3.13. The fourth-order valence-electron chi connectivity index (χ4n) is 2.15. The Bertz CT molecular complexity index is 480. The first-order valence-electron chi connectivity index (χ1n) is 6.18. The molecule has 2 nitrogen and oxygen atoms in total. The van der Waals surface area contributed by atoms with E-state index in [-0.39, 0.29) is 18.7 Å². The van der Waals surface area contributed by atoms with Crippen molar-refractivity contribution in [3.63, 3.8) is 0 Å². The van der Waals surface area contributed by atoms with Crippen LogP contribution in [-0.2, 0) is 0 Å². The zero-order valence-corrected chi connectivity index (χ0v) is 11.6. The molecule has 0 bridgehead atoms. The van der Waals surface area contributed by atoms with Gasteiger partial charge in [-0.25, -0.2) is 0 Å². The van der Waals surface area contributed by atoms with Crippen LogP contribution in [0.5, 0.6) is 0 Å². The maximum absolute atomic E-state index is 9.54. The average molecular weight is 261 g/mol. The monoisotopic (exact) mass is 261 g/mol. The highest BCUT2D eigenvalue weighted by Gasteiger charge is 2.16. The van der Waals surface area contributed by atoms with Gasteiger partial charge in [-0.15, -0.1) is 11.3 Å². The lowest BCUT2D eigenvalue weighted by Gasteiger charge is -2.22. The van der Waals surface area contributed by atoms with Gasteiger partial charge >= 0.3 is 0 Å². The second kappa shape index (κ2) is 6.14. The molecule has 0 saturated carbocycles. The normalized spacial score (nSPS) is 14.4. The van der Waals surface area contributed by atoms with Gasteiger partial charge in [-0.2, -0.15) is 0 Å². The van der Waals surface area contributed by atoms with Gasteiger partial charge in [-0.1, -0.05) is 30.3 Å². The Balaban J connectivity index is 2.10. The number of rotatable bonds is 5. The van der Waals surface area contributed by atoms with Crippen LogP contribution in [0.15, 0.2) is 41.8 Å². The van der Waals surface area contributed by atoms with Crippen molar-refractivity contribution in [1.29, 1.82) is 0 Å². The van der Waals surface area contributed by atoms with Crippen LogP contribution >= 0.6 is 11.3 Å². The van der Waals surface area contributed by atoms with Crippen LogP contribution in [0.3, 0.4) is 0 Å². The van der Waals surface area contributed by atoms with Gasteiger partial charge in [-0.05, 0) is 36.4 Å². The molecule has 0 amide bonds. The largest absolute Gasteiger partial charge is 0.394 e. The Morgan fingerprint density at radius 3 is 2.50 bits per heavy atom. The van der Waals surface area contributed by atoms with Gasteiger partial charge in [0.25, 0.3) is 0 Å². The van der Waals surface area contributed by atoms with Crippen molar-refractivity contribution >= 4 is 11.3 Å². The fraction of sp³-hybridized carbons (Fsp3) is 0.333. The Labute approximate surface area is 112 Å². The summed E-state index contributed by atoms with van der Waals surface area (Å²) in [6.07, 6.45) is 0. The second-order valence-corrected chi connectivity index (χ2v) is 5.45. The lowest BCUT2D eigenvalue weighted by atomic mass is 10.1. The summed E-state index contributed by atoms with van der Waals surface area (Å²) in [5.74, 6) is 0. The molecule has 0 aliphatic carbocycles. The highest BCUT2D eigenvalue weighted by atomic mass is 32.1. The van der Waals surface area contributed by atoms with E-state index in [1.807, 2.05) is 30.3 Å². The van der Waals surface area contributed by atoms with Crippen molar-refractivity contribution < 1.29 is 5.11 Å². The zero-order valence-electron chi connectivity index (χ0n) is 10.8. The van der Waals surface area contributed by atoms with Crippen LogP contribution in [0, 0.1) is 6.92 Å². The Hall–Kier alpha value is -1.16. The number of aliphatic hydroxyl groups is 1. The topological polar surface area (TPSA) is 32.3 Å². The minimum atomic E-state index is -0.0114. The quantitative estimate of drug-likeness (QED) is 0.864.